The van der Waals surface area contributed by atoms with Crippen LogP contribution in [0.3, 0.4) is 0 Å². The number of carbonyl (C=O) groups excluding carboxylic acids is 2. The first-order valence-electron chi connectivity index (χ1n) is 7.61. The summed E-state index contributed by atoms with van der Waals surface area (Å²) in [6.07, 6.45) is 1.67. The van der Waals surface area contributed by atoms with Crippen LogP contribution in [0.25, 0.3) is 6.08 Å². The maximum Gasteiger partial charge on any atom is 0.329 e. The maximum absolute atomic E-state index is 13.8. The van der Waals surface area contributed by atoms with Gasteiger partial charge in [-0.25, -0.2) is 9.18 Å². The Morgan fingerprint density at radius 1 is 1.04 bits per heavy atom. The lowest BCUT2D eigenvalue weighted by Crippen LogP contribution is -2.30. The van der Waals surface area contributed by atoms with Crippen molar-refractivity contribution < 1.29 is 14.0 Å². The molecule has 0 spiro atoms. The van der Waals surface area contributed by atoms with Crippen molar-refractivity contribution in [3.05, 3.63) is 76.2 Å². The number of nitrogens with zero attached hydrogens (tertiary/aromatic N) is 1. The largest absolute Gasteiger partial charge is 0.329 e. The number of nitrogens with one attached hydrogen (secondary N) is 1. The number of urea groups is 1. The molecular formula is C19H17FN2O2. The van der Waals surface area contributed by atoms with Crippen LogP contribution in [0.2, 0.25) is 0 Å². The molecule has 1 fully saturated rings. The summed E-state index contributed by atoms with van der Waals surface area (Å²) in [5, 5.41) is 2.57. The zero-order chi connectivity index (χ0) is 17.3. The van der Waals surface area contributed by atoms with Gasteiger partial charge in [0, 0.05) is 5.56 Å². The summed E-state index contributed by atoms with van der Waals surface area (Å²) in [5.41, 5.74) is 3.42. The van der Waals surface area contributed by atoms with Crippen molar-refractivity contribution >= 4 is 18.0 Å². The van der Waals surface area contributed by atoms with E-state index in [0.717, 1.165) is 21.6 Å². The van der Waals surface area contributed by atoms with Crippen LogP contribution in [0, 0.1) is 19.7 Å². The van der Waals surface area contributed by atoms with E-state index in [1.807, 2.05) is 32.0 Å². The van der Waals surface area contributed by atoms with E-state index in [9.17, 15) is 14.0 Å². The van der Waals surface area contributed by atoms with E-state index >= 15 is 0 Å². The standard InChI is InChI=1S/C19H17FN2O2/c1-12-6-5-7-13(2)15(12)10-17-18(23)22(19(24)21-17)11-14-8-3-4-9-16(14)20/h3-10H,11H2,1-2H3,(H,21,24)/b17-10+. The van der Waals surface area contributed by atoms with Crippen LogP contribution in [0.5, 0.6) is 0 Å². The predicted octanol–water partition coefficient (Wildman–Crippen LogP) is 3.54. The summed E-state index contributed by atoms with van der Waals surface area (Å²) in [6.45, 7) is 3.79. The van der Waals surface area contributed by atoms with E-state index in [4.69, 9.17) is 0 Å². The fourth-order valence-electron chi connectivity index (χ4n) is 2.71. The smallest absolute Gasteiger partial charge is 0.303 e. The van der Waals surface area contributed by atoms with Crippen molar-refractivity contribution in [2.24, 2.45) is 0 Å². The summed E-state index contributed by atoms with van der Waals surface area (Å²) in [5.74, 6) is -0.892. The number of halogens is 1. The van der Waals surface area contributed by atoms with Crippen molar-refractivity contribution in [2.45, 2.75) is 20.4 Å². The van der Waals surface area contributed by atoms with Gasteiger partial charge >= 0.3 is 6.03 Å². The molecule has 1 saturated heterocycles. The second-order valence-corrected chi connectivity index (χ2v) is 5.78. The molecule has 0 aromatic heterocycles. The van der Waals surface area contributed by atoms with E-state index in [1.54, 1.807) is 24.3 Å². The Kier molecular flexibility index (Phi) is 4.16. The molecule has 1 heterocycles. The van der Waals surface area contributed by atoms with Crippen LogP contribution in [0.4, 0.5) is 9.18 Å². The van der Waals surface area contributed by atoms with Gasteiger partial charge in [0.2, 0.25) is 0 Å². The molecule has 1 N–H and O–H groups in total. The number of hydrogen-bond acceptors (Lipinski definition) is 2. The number of carbonyl (C=O) groups is 2. The van der Waals surface area contributed by atoms with Crippen molar-refractivity contribution in [2.75, 3.05) is 0 Å². The zero-order valence-electron chi connectivity index (χ0n) is 13.5. The summed E-state index contributed by atoms with van der Waals surface area (Å²) >= 11 is 0. The first-order chi connectivity index (χ1) is 11.5. The van der Waals surface area contributed by atoms with E-state index in [1.165, 1.54) is 6.07 Å². The molecule has 0 radical (unpaired) electrons. The average Bonchev–Trinajstić information content (AvgIpc) is 2.80. The van der Waals surface area contributed by atoms with Crippen molar-refractivity contribution in [1.29, 1.82) is 0 Å². The molecule has 122 valence electrons. The lowest BCUT2D eigenvalue weighted by Gasteiger charge is -2.12. The van der Waals surface area contributed by atoms with Crippen LogP contribution in [0.15, 0.2) is 48.2 Å². The number of hydrogen-bond donors (Lipinski definition) is 1. The van der Waals surface area contributed by atoms with Crippen molar-refractivity contribution in [3.63, 3.8) is 0 Å². The molecule has 0 saturated carbocycles. The molecule has 24 heavy (non-hydrogen) atoms. The molecular weight excluding hydrogens is 307 g/mol. The van der Waals surface area contributed by atoms with Gasteiger partial charge in [0.25, 0.3) is 5.91 Å². The number of rotatable bonds is 3. The third-order valence-corrected chi connectivity index (χ3v) is 4.08. The molecule has 2 aromatic rings. The van der Waals surface area contributed by atoms with Crippen LogP contribution in [0.1, 0.15) is 22.3 Å². The van der Waals surface area contributed by atoms with Gasteiger partial charge in [0.1, 0.15) is 11.5 Å². The zero-order valence-corrected chi connectivity index (χ0v) is 13.5. The third-order valence-electron chi connectivity index (χ3n) is 4.08. The Hall–Kier alpha value is -2.95. The lowest BCUT2D eigenvalue weighted by molar-refractivity contribution is -0.123. The number of benzene rings is 2. The Labute approximate surface area is 139 Å². The minimum absolute atomic E-state index is 0.0958. The van der Waals surface area contributed by atoms with Gasteiger partial charge in [-0.05, 0) is 42.7 Å². The van der Waals surface area contributed by atoms with Crippen LogP contribution < -0.4 is 5.32 Å². The average molecular weight is 324 g/mol. The summed E-state index contributed by atoms with van der Waals surface area (Å²) < 4.78 is 13.8. The Bertz CT molecular complexity index is 838. The highest BCUT2D eigenvalue weighted by molar-refractivity contribution is 6.14. The Morgan fingerprint density at radius 2 is 1.71 bits per heavy atom. The molecule has 4 nitrogen and oxygen atoms in total. The minimum Gasteiger partial charge on any atom is -0.303 e. The molecule has 1 aliphatic rings. The van der Waals surface area contributed by atoms with Gasteiger partial charge in [0.15, 0.2) is 0 Å². The molecule has 3 rings (SSSR count). The summed E-state index contributed by atoms with van der Waals surface area (Å²) in [7, 11) is 0. The molecule has 3 amide bonds. The first kappa shape index (κ1) is 15.9. The van der Waals surface area contributed by atoms with Gasteiger partial charge in [-0.2, -0.15) is 0 Å². The second-order valence-electron chi connectivity index (χ2n) is 5.78. The van der Waals surface area contributed by atoms with E-state index < -0.39 is 17.8 Å². The van der Waals surface area contributed by atoms with Crippen LogP contribution in [-0.2, 0) is 11.3 Å². The lowest BCUT2D eigenvalue weighted by atomic mass is 10.0. The molecule has 0 atom stereocenters. The topological polar surface area (TPSA) is 49.4 Å². The summed E-state index contributed by atoms with van der Waals surface area (Å²) in [4.78, 5) is 25.6. The van der Waals surface area contributed by atoms with E-state index in [2.05, 4.69) is 5.32 Å². The fraction of sp³-hybridized carbons (Fsp3) is 0.158. The maximum atomic E-state index is 13.8. The van der Waals surface area contributed by atoms with Gasteiger partial charge in [0.05, 0.1) is 6.54 Å². The third kappa shape index (κ3) is 2.93. The number of amides is 3. The highest BCUT2D eigenvalue weighted by Gasteiger charge is 2.34. The highest BCUT2D eigenvalue weighted by Crippen LogP contribution is 2.21. The highest BCUT2D eigenvalue weighted by atomic mass is 19.1. The molecule has 0 aliphatic carbocycles. The Morgan fingerprint density at radius 3 is 2.38 bits per heavy atom. The first-order valence-corrected chi connectivity index (χ1v) is 7.61. The predicted molar refractivity (Wildman–Crippen MR) is 89.4 cm³/mol. The SMILES string of the molecule is Cc1cccc(C)c1/C=C1/NC(=O)N(Cc2ccccc2F)C1=O. The fourth-order valence-corrected chi connectivity index (χ4v) is 2.71. The van der Waals surface area contributed by atoms with Crippen LogP contribution >= 0.6 is 0 Å². The number of imide groups is 1. The normalized spacial score (nSPS) is 16.0. The Balaban J connectivity index is 1.89. The summed E-state index contributed by atoms with van der Waals surface area (Å²) in [6, 6.07) is 11.4. The van der Waals surface area contributed by atoms with Crippen molar-refractivity contribution in [3.8, 4) is 0 Å². The molecule has 0 bridgehead atoms. The number of aryl methyl sites for hydroxylation is 2. The van der Waals surface area contributed by atoms with Gasteiger partial charge in [-0.15, -0.1) is 0 Å². The molecule has 1 aliphatic heterocycles. The van der Waals surface area contributed by atoms with Gasteiger partial charge in [-0.3, -0.25) is 9.69 Å². The molecule has 2 aromatic carbocycles. The van der Waals surface area contributed by atoms with Crippen molar-refractivity contribution in [1.82, 2.24) is 10.2 Å². The van der Waals surface area contributed by atoms with E-state index in [-0.39, 0.29) is 12.2 Å². The quantitative estimate of drug-likeness (QED) is 0.693. The van der Waals surface area contributed by atoms with Crippen LogP contribution in [-0.4, -0.2) is 16.8 Å². The molecule has 5 heteroatoms. The second kappa shape index (κ2) is 6.28. The van der Waals surface area contributed by atoms with Gasteiger partial charge in [-0.1, -0.05) is 36.4 Å². The van der Waals surface area contributed by atoms with E-state index in [0.29, 0.717) is 5.56 Å². The molecule has 0 unspecified atom stereocenters. The monoisotopic (exact) mass is 324 g/mol. The minimum atomic E-state index is -0.541. The van der Waals surface area contributed by atoms with Gasteiger partial charge < -0.3 is 5.32 Å².